The van der Waals surface area contributed by atoms with Crippen LogP contribution in [0.25, 0.3) is 0 Å². The van der Waals surface area contributed by atoms with E-state index in [1.807, 2.05) is 16.9 Å². The highest BCUT2D eigenvalue weighted by Crippen LogP contribution is 2.19. The molecule has 2 heterocycles. The second-order valence-electron chi connectivity index (χ2n) is 5.18. The predicted molar refractivity (Wildman–Crippen MR) is 72.1 cm³/mol. The van der Waals surface area contributed by atoms with Gasteiger partial charge in [-0.3, -0.25) is 4.68 Å². The van der Waals surface area contributed by atoms with Crippen LogP contribution in [0.3, 0.4) is 0 Å². The molecule has 2 rings (SSSR count). The molecule has 0 amide bonds. The van der Waals surface area contributed by atoms with E-state index in [0.29, 0.717) is 18.3 Å². The molecule has 0 radical (unpaired) electrons. The zero-order chi connectivity index (χ0) is 12.8. The molecular formula is C13H24N4O. The maximum atomic E-state index is 8.99. The number of nitrogens with zero attached hydrogens (tertiary/aromatic N) is 3. The highest BCUT2D eigenvalue weighted by molar-refractivity contribution is 5.23. The Kier molecular flexibility index (Phi) is 5.01. The van der Waals surface area contributed by atoms with E-state index in [1.165, 1.54) is 19.4 Å². The van der Waals surface area contributed by atoms with Crippen molar-refractivity contribution in [2.45, 2.75) is 32.2 Å². The van der Waals surface area contributed by atoms with Crippen LogP contribution in [0.15, 0.2) is 12.3 Å². The molecule has 5 nitrogen and oxygen atoms in total. The quantitative estimate of drug-likeness (QED) is 0.791. The first-order valence-electron chi connectivity index (χ1n) is 6.90. The van der Waals surface area contributed by atoms with Crippen LogP contribution in [0.2, 0.25) is 0 Å². The van der Waals surface area contributed by atoms with Gasteiger partial charge in [0.2, 0.25) is 0 Å². The van der Waals surface area contributed by atoms with Crippen molar-refractivity contribution < 1.29 is 5.11 Å². The number of aromatic nitrogens is 2. The van der Waals surface area contributed by atoms with Crippen LogP contribution in [0, 0.1) is 5.92 Å². The summed E-state index contributed by atoms with van der Waals surface area (Å²) in [6, 6.07) is 1.83. The lowest BCUT2D eigenvalue weighted by molar-refractivity contribution is 0.145. The molecule has 1 aromatic rings. The Labute approximate surface area is 109 Å². The summed E-state index contributed by atoms with van der Waals surface area (Å²) < 4.78 is 1.91. The van der Waals surface area contributed by atoms with Crippen LogP contribution in [-0.2, 0) is 6.54 Å². The molecular weight excluding hydrogens is 228 g/mol. The van der Waals surface area contributed by atoms with Gasteiger partial charge in [0.15, 0.2) is 0 Å². The molecule has 0 bridgehead atoms. The molecule has 5 heteroatoms. The average Bonchev–Trinajstić information content (AvgIpc) is 2.76. The highest BCUT2D eigenvalue weighted by atomic mass is 16.3. The monoisotopic (exact) mass is 252 g/mol. The lowest BCUT2D eigenvalue weighted by Crippen LogP contribution is -2.36. The van der Waals surface area contributed by atoms with Gasteiger partial charge in [0, 0.05) is 25.9 Å². The molecule has 1 fully saturated rings. The van der Waals surface area contributed by atoms with Crippen LogP contribution in [0.4, 0.5) is 5.82 Å². The third-order valence-electron chi connectivity index (χ3n) is 3.66. The summed E-state index contributed by atoms with van der Waals surface area (Å²) in [6.45, 7) is 4.70. The van der Waals surface area contributed by atoms with E-state index in [4.69, 9.17) is 10.8 Å². The molecule has 1 aliphatic rings. The van der Waals surface area contributed by atoms with Gasteiger partial charge < -0.3 is 15.7 Å². The van der Waals surface area contributed by atoms with Gasteiger partial charge in [-0.25, -0.2) is 0 Å². The fourth-order valence-electron chi connectivity index (χ4n) is 2.73. The summed E-state index contributed by atoms with van der Waals surface area (Å²) in [5.74, 6) is 1.28. The van der Waals surface area contributed by atoms with Crippen LogP contribution in [0.1, 0.15) is 25.7 Å². The number of hydrogen-bond acceptors (Lipinski definition) is 4. The molecule has 0 saturated carbocycles. The maximum Gasteiger partial charge on any atom is 0.145 e. The van der Waals surface area contributed by atoms with E-state index in [2.05, 4.69) is 10.00 Å². The number of aliphatic hydroxyl groups is 1. The summed E-state index contributed by atoms with van der Waals surface area (Å²) >= 11 is 0. The van der Waals surface area contributed by atoms with Gasteiger partial charge >= 0.3 is 0 Å². The molecule has 0 spiro atoms. The van der Waals surface area contributed by atoms with Gasteiger partial charge in [0.1, 0.15) is 5.82 Å². The first-order chi connectivity index (χ1) is 8.78. The third-order valence-corrected chi connectivity index (χ3v) is 3.66. The average molecular weight is 252 g/mol. The van der Waals surface area contributed by atoms with Crippen molar-refractivity contribution in [3.63, 3.8) is 0 Å². The lowest BCUT2D eigenvalue weighted by Gasteiger charge is -2.32. The standard InChI is InChI=1S/C13H24N4O/c14-13-4-9-17(15-13)8-2-7-16-6-1-3-12(11-16)5-10-18/h4,9,12,18H,1-3,5-8,10-11H2,(H2,14,15). The fourth-order valence-corrected chi connectivity index (χ4v) is 2.73. The smallest absolute Gasteiger partial charge is 0.145 e. The fraction of sp³-hybridized carbons (Fsp3) is 0.769. The maximum absolute atomic E-state index is 8.99. The van der Waals surface area contributed by atoms with Gasteiger partial charge in [0.05, 0.1) is 0 Å². The van der Waals surface area contributed by atoms with Gasteiger partial charge in [-0.05, 0) is 50.8 Å². The molecule has 1 aromatic heterocycles. The molecule has 0 aliphatic carbocycles. The second kappa shape index (κ2) is 6.75. The number of aliphatic hydroxyl groups excluding tert-OH is 1. The van der Waals surface area contributed by atoms with Crippen molar-refractivity contribution in [3.8, 4) is 0 Å². The van der Waals surface area contributed by atoms with Gasteiger partial charge in [-0.15, -0.1) is 0 Å². The van der Waals surface area contributed by atoms with E-state index in [1.54, 1.807) is 0 Å². The van der Waals surface area contributed by atoms with Crippen molar-refractivity contribution in [2.24, 2.45) is 5.92 Å². The normalized spacial score (nSPS) is 21.3. The minimum Gasteiger partial charge on any atom is -0.396 e. The van der Waals surface area contributed by atoms with Crippen LogP contribution in [-0.4, -0.2) is 46.0 Å². The van der Waals surface area contributed by atoms with Crippen molar-refractivity contribution >= 4 is 5.82 Å². The number of nitrogens with two attached hydrogens (primary N) is 1. The van der Waals surface area contributed by atoms with Crippen molar-refractivity contribution in [3.05, 3.63) is 12.3 Å². The van der Waals surface area contributed by atoms with Crippen molar-refractivity contribution in [2.75, 3.05) is 32.0 Å². The molecule has 1 aliphatic heterocycles. The molecule has 18 heavy (non-hydrogen) atoms. The van der Waals surface area contributed by atoms with Crippen molar-refractivity contribution in [1.82, 2.24) is 14.7 Å². The number of piperidine rings is 1. The van der Waals surface area contributed by atoms with E-state index in [9.17, 15) is 0 Å². The summed E-state index contributed by atoms with van der Waals surface area (Å²) in [6.07, 6.45) is 6.52. The van der Waals surface area contributed by atoms with E-state index >= 15 is 0 Å². The number of hydrogen-bond donors (Lipinski definition) is 2. The Bertz CT molecular complexity index is 351. The topological polar surface area (TPSA) is 67.3 Å². The zero-order valence-electron chi connectivity index (χ0n) is 11.0. The molecule has 102 valence electrons. The Morgan fingerprint density at radius 1 is 1.44 bits per heavy atom. The van der Waals surface area contributed by atoms with Crippen LogP contribution >= 0.6 is 0 Å². The zero-order valence-corrected chi connectivity index (χ0v) is 11.0. The lowest BCUT2D eigenvalue weighted by atomic mass is 9.95. The first-order valence-corrected chi connectivity index (χ1v) is 6.90. The number of likely N-dealkylation sites (tertiary alicyclic amines) is 1. The Morgan fingerprint density at radius 3 is 3.06 bits per heavy atom. The minimum absolute atomic E-state index is 0.324. The third kappa shape index (κ3) is 3.99. The van der Waals surface area contributed by atoms with Gasteiger partial charge in [-0.1, -0.05) is 0 Å². The van der Waals surface area contributed by atoms with E-state index in [0.717, 1.165) is 32.5 Å². The Hall–Kier alpha value is -1.07. The highest BCUT2D eigenvalue weighted by Gasteiger charge is 2.18. The number of rotatable bonds is 6. The Morgan fingerprint density at radius 2 is 2.33 bits per heavy atom. The minimum atomic E-state index is 0.324. The molecule has 1 saturated heterocycles. The summed E-state index contributed by atoms with van der Waals surface area (Å²) in [5.41, 5.74) is 5.58. The van der Waals surface area contributed by atoms with E-state index < -0.39 is 0 Å². The molecule has 3 N–H and O–H groups in total. The van der Waals surface area contributed by atoms with Crippen LogP contribution < -0.4 is 5.73 Å². The predicted octanol–water partition coefficient (Wildman–Crippen LogP) is 0.950. The van der Waals surface area contributed by atoms with E-state index in [-0.39, 0.29) is 0 Å². The second-order valence-corrected chi connectivity index (χ2v) is 5.18. The van der Waals surface area contributed by atoms with Gasteiger partial charge in [-0.2, -0.15) is 5.10 Å². The number of anilines is 1. The molecule has 1 atom stereocenters. The largest absolute Gasteiger partial charge is 0.396 e. The van der Waals surface area contributed by atoms with Crippen molar-refractivity contribution in [1.29, 1.82) is 0 Å². The number of nitrogen functional groups attached to an aromatic ring is 1. The van der Waals surface area contributed by atoms with Gasteiger partial charge in [0.25, 0.3) is 0 Å². The summed E-state index contributed by atoms with van der Waals surface area (Å²) in [4.78, 5) is 2.51. The first kappa shape index (κ1) is 13.4. The molecule has 0 aromatic carbocycles. The summed E-state index contributed by atoms with van der Waals surface area (Å²) in [7, 11) is 0. The molecule has 1 unspecified atom stereocenters. The summed E-state index contributed by atoms with van der Waals surface area (Å²) in [5, 5.41) is 13.2. The van der Waals surface area contributed by atoms with Crippen LogP contribution in [0.5, 0.6) is 0 Å². The number of aryl methyl sites for hydroxylation is 1. The SMILES string of the molecule is Nc1ccn(CCCN2CCCC(CCO)C2)n1. The Balaban J connectivity index is 1.66.